The first-order chi connectivity index (χ1) is 12.6. The Balaban J connectivity index is 1.77. The van der Waals surface area contributed by atoms with Crippen LogP contribution in [0, 0.1) is 17.5 Å². The number of aromatic nitrogens is 2. The number of nitrogens with two attached hydrogens (primary N) is 1. The van der Waals surface area contributed by atoms with Crippen molar-refractivity contribution in [1.82, 2.24) is 9.55 Å². The van der Waals surface area contributed by atoms with Crippen molar-refractivity contribution in [3.05, 3.63) is 64.7 Å². The molecule has 0 saturated carbocycles. The summed E-state index contributed by atoms with van der Waals surface area (Å²) in [5, 5.41) is 0. The summed E-state index contributed by atoms with van der Waals surface area (Å²) >= 11 is 0. The van der Waals surface area contributed by atoms with E-state index in [1.54, 1.807) is 4.57 Å². The molecule has 27 heavy (non-hydrogen) atoms. The largest absolute Gasteiger partial charge is 0.416 e. The maximum atomic E-state index is 14.1. The van der Waals surface area contributed by atoms with Gasteiger partial charge in [-0.1, -0.05) is 0 Å². The molecule has 4 rings (SSSR count). The second kappa shape index (κ2) is 5.98. The first-order valence-electron chi connectivity index (χ1n) is 8.11. The van der Waals surface area contributed by atoms with E-state index in [4.69, 9.17) is 5.73 Å². The highest BCUT2D eigenvalue weighted by Gasteiger charge is 2.34. The molecule has 1 aromatic heterocycles. The Bertz CT molecular complexity index is 1040. The van der Waals surface area contributed by atoms with Crippen LogP contribution in [0.1, 0.15) is 22.9 Å². The maximum absolute atomic E-state index is 14.1. The molecule has 3 aromatic rings. The van der Waals surface area contributed by atoms with Crippen LogP contribution in [0.4, 0.5) is 26.3 Å². The predicted molar refractivity (Wildman–Crippen MR) is 85.5 cm³/mol. The van der Waals surface area contributed by atoms with Crippen LogP contribution in [0.5, 0.6) is 0 Å². The van der Waals surface area contributed by atoms with Crippen LogP contribution in [-0.4, -0.2) is 15.6 Å². The second-order valence-corrected chi connectivity index (χ2v) is 6.60. The van der Waals surface area contributed by atoms with E-state index in [1.165, 1.54) is 6.07 Å². The summed E-state index contributed by atoms with van der Waals surface area (Å²) in [6, 6.07) is 3.82. The van der Waals surface area contributed by atoms with Crippen molar-refractivity contribution in [2.45, 2.75) is 31.1 Å². The standard InChI is InChI=1S/C18H13F6N3/c19-11-6-13(21)12(20)4-9(11)10-5-17-26-15-3-8(18(22,23)24)1-2-16(15)27(17)7-14(10)25/h1-4,6,10,14H,5,7,25H2/t10-,14?/m1/s1. The SMILES string of the molecule is NC1Cn2c(nc3cc(C(F)(F)F)ccc32)C[C@@H]1c1cc(F)c(F)cc1F. The van der Waals surface area contributed by atoms with Crippen LogP contribution < -0.4 is 5.73 Å². The minimum absolute atomic E-state index is 0.0734. The molecule has 0 bridgehead atoms. The lowest BCUT2D eigenvalue weighted by Gasteiger charge is -2.30. The van der Waals surface area contributed by atoms with Gasteiger partial charge in [-0.25, -0.2) is 18.2 Å². The first-order valence-corrected chi connectivity index (χ1v) is 8.11. The summed E-state index contributed by atoms with van der Waals surface area (Å²) in [5.41, 5.74) is 5.86. The van der Waals surface area contributed by atoms with Crippen molar-refractivity contribution < 1.29 is 26.3 Å². The minimum Gasteiger partial charge on any atom is -0.326 e. The summed E-state index contributed by atoms with van der Waals surface area (Å²) in [5.74, 6) is -3.66. The van der Waals surface area contributed by atoms with E-state index in [0.29, 0.717) is 17.4 Å². The Hall–Kier alpha value is -2.55. The normalized spacial score (nSPS) is 20.1. The zero-order chi connectivity index (χ0) is 19.5. The van der Waals surface area contributed by atoms with E-state index in [9.17, 15) is 26.3 Å². The minimum atomic E-state index is -4.49. The van der Waals surface area contributed by atoms with Gasteiger partial charge in [0.1, 0.15) is 11.6 Å². The quantitative estimate of drug-likeness (QED) is 0.506. The lowest BCUT2D eigenvalue weighted by atomic mass is 9.86. The molecule has 2 N–H and O–H groups in total. The van der Waals surface area contributed by atoms with E-state index in [0.717, 1.165) is 18.2 Å². The fraction of sp³-hybridized carbons (Fsp3) is 0.278. The predicted octanol–water partition coefficient (Wildman–Crippen LogP) is 4.14. The Kier molecular flexibility index (Phi) is 3.95. The molecular weight excluding hydrogens is 372 g/mol. The van der Waals surface area contributed by atoms with E-state index in [1.807, 2.05) is 0 Å². The molecule has 3 nitrogen and oxygen atoms in total. The average Bonchev–Trinajstić information content (AvgIpc) is 2.93. The molecule has 0 spiro atoms. The van der Waals surface area contributed by atoms with Gasteiger partial charge in [0.05, 0.1) is 16.6 Å². The number of rotatable bonds is 1. The van der Waals surface area contributed by atoms with Crippen LogP contribution >= 0.6 is 0 Å². The van der Waals surface area contributed by atoms with E-state index in [2.05, 4.69) is 4.98 Å². The third-order valence-electron chi connectivity index (χ3n) is 4.91. The second-order valence-electron chi connectivity index (χ2n) is 6.60. The zero-order valence-corrected chi connectivity index (χ0v) is 13.7. The third kappa shape index (κ3) is 2.95. The highest BCUT2D eigenvalue weighted by Crippen LogP contribution is 2.35. The Morgan fingerprint density at radius 1 is 1.00 bits per heavy atom. The smallest absolute Gasteiger partial charge is 0.326 e. The van der Waals surface area contributed by atoms with Crippen molar-refractivity contribution in [2.24, 2.45) is 5.73 Å². The summed E-state index contributed by atoms with van der Waals surface area (Å²) in [6.45, 7) is 0.167. The topological polar surface area (TPSA) is 43.8 Å². The number of benzene rings is 2. The Morgan fingerprint density at radius 3 is 2.41 bits per heavy atom. The summed E-state index contributed by atoms with van der Waals surface area (Å²) in [4.78, 5) is 4.22. The maximum Gasteiger partial charge on any atom is 0.416 e. The number of fused-ring (bicyclic) bond motifs is 3. The van der Waals surface area contributed by atoms with Gasteiger partial charge in [-0.3, -0.25) is 0 Å². The van der Waals surface area contributed by atoms with Crippen LogP contribution in [0.15, 0.2) is 30.3 Å². The number of alkyl halides is 3. The fourth-order valence-corrected chi connectivity index (χ4v) is 3.56. The Morgan fingerprint density at radius 2 is 1.70 bits per heavy atom. The van der Waals surface area contributed by atoms with E-state index < -0.39 is 41.2 Å². The highest BCUT2D eigenvalue weighted by molar-refractivity contribution is 5.77. The Labute approximate surface area is 149 Å². The molecule has 142 valence electrons. The van der Waals surface area contributed by atoms with Gasteiger partial charge in [0.25, 0.3) is 0 Å². The van der Waals surface area contributed by atoms with Gasteiger partial charge in [0, 0.05) is 31.0 Å². The van der Waals surface area contributed by atoms with Crippen LogP contribution in [0.25, 0.3) is 11.0 Å². The molecule has 2 heterocycles. The molecule has 0 aliphatic carbocycles. The van der Waals surface area contributed by atoms with Gasteiger partial charge in [0.15, 0.2) is 11.6 Å². The van der Waals surface area contributed by atoms with Gasteiger partial charge < -0.3 is 10.3 Å². The van der Waals surface area contributed by atoms with E-state index >= 15 is 0 Å². The molecule has 1 aliphatic heterocycles. The van der Waals surface area contributed by atoms with Crippen LogP contribution in [-0.2, 0) is 19.1 Å². The van der Waals surface area contributed by atoms with Crippen molar-refractivity contribution in [2.75, 3.05) is 0 Å². The lowest BCUT2D eigenvalue weighted by molar-refractivity contribution is -0.137. The lowest BCUT2D eigenvalue weighted by Crippen LogP contribution is -2.39. The fourth-order valence-electron chi connectivity index (χ4n) is 3.56. The monoisotopic (exact) mass is 385 g/mol. The van der Waals surface area contributed by atoms with Gasteiger partial charge in [-0.15, -0.1) is 0 Å². The molecule has 0 saturated heterocycles. The molecule has 1 aliphatic rings. The molecule has 2 atom stereocenters. The van der Waals surface area contributed by atoms with E-state index in [-0.39, 0.29) is 24.0 Å². The molecule has 0 amide bonds. The average molecular weight is 385 g/mol. The van der Waals surface area contributed by atoms with Crippen molar-refractivity contribution in [1.29, 1.82) is 0 Å². The van der Waals surface area contributed by atoms with Gasteiger partial charge >= 0.3 is 6.18 Å². The van der Waals surface area contributed by atoms with Crippen LogP contribution in [0.3, 0.4) is 0 Å². The molecule has 0 fully saturated rings. The highest BCUT2D eigenvalue weighted by atomic mass is 19.4. The number of halogens is 6. The molecule has 0 radical (unpaired) electrons. The zero-order valence-electron chi connectivity index (χ0n) is 13.7. The number of nitrogens with zero attached hydrogens (tertiary/aromatic N) is 2. The first kappa shape index (κ1) is 17.8. The number of hydrogen-bond acceptors (Lipinski definition) is 2. The molecule has 9 heteroatoms. The van der Waals surface area contributed by atoms with Crippen molar-refractivity contribution in [3.8, 4) is 0 Å². The van der Waals surface area contributed by atoms with Crippen molar-refractivity contribution >= 4 is 11.0 Å². The van der Waals surface area contributed by atoms with Gasteiger partial charge in [-0.05, 0) is 29.8 Å². The molecule has 1 unspecified atom stereocenters. The summed E-state index contributed by atoms with van der Waals surface area (Å²) in [6.07, 6.45) is -4.40. The van der Waals surface area contributed by atoms with Crippen molar-refractivity contribution in [3.63, 3.8) is 0 Å². The number of hydrogen-bond donors (Lipinski definition) is 1. The summed E-state index contributed by atoms with van der Waals surface area (Å²) in [7, 11) is 0. The van der Waals surface area contributed by atoms with Gasteiger partial charge in [0.2, 0.25) is 0 Å². The third-order valence-corrected chi connectivity index (χ3v) is 4.91. The van der Waals surface area contributed by atoms with Crippen LogP contribution in [0.2, 0.25) is 0 Å². The summed E-state index contributed by atoms with van der Waals surface area (Å²) < 4.78 is 81.2. The molecular formula is C18H13F6N3. The number of imidazole rings is 1. The van der Waals surface area contributed by atoms with Gasteiger partial charge in [-0.2, -0.15) is 13.2 Å². The molecule has 2 aromatic carbocycles.